The van der Waals surface area contributed by atoms with E-state index < -0.39 is 0 Å². The van der Waals surface area contributed by atoms with E-state index in [1.54, 1.807) is 17.3 Å². The van der Waals surface area contributed by atoms with Crippen LogP contribution in [0.1, 0.15) is 18.9 Å². The van der Waals surface area contributed by atoms with Crippen LogP contribution in [0.5, 0.6) is 11.8 Å². The normalized spacial score (nSPS) is 14.6. The van der Waals surface area contributed by atoms with Gasteiger partial charge in [-0.05, 0) is 24.1 Å². The summed E-state index contributed by atoms with van der Waals surface area (Å²) in [5.74, 6) is 0.698. The first-order valence-electron chi connectivity index (χ1n) is 7.51. The molecule has 3 rings (SSSR count). The monoisotopic (exact) mass is 310 g/mol. The van der Waals surface area contributed by atoms with Crippen molar-refractivity contribution in [2.75, 3.05) is 11.4 Å². The van der Waals surface area contributed by atoms with E-state index in [2.05, 4.69) is 28.8 Å². The number of benzene rings is 1. The van der Waals surface area contributed by atoms with Gasteiger partial charge in [0, 0.05) is 18.7 Å². The van der Waals surface area contributed by atoms with Crippen LogP contribution < -0.4 is 15.0 Å². The second kappa shape index (κ2) is 6.48. The molecule has 6 nitrogen and oxygen atoms in total. The smallest absolute Gasteiger partial charge is 0.326 e. The van der Waals surface area contributed by atoms with Gasteiger partial charge in [0.25, 0.3) is 0 Å². The van der Waals surface area contributed by atoms with Gasteiger partial charge in [-0.3, -0.25) is 4.90 Å². The lowest BCUT2D eigenvalue weighted by Gasteiger charge is -2.28. The fourth-order valence-electron chi connectivity index (χ4n) is 2.31. The Bertz CT molecular complexity index is 728. The minimum absolute atomic E-state index is 0.214. The van der Waals surface area contributed by atoms with Crippen LogP contribution in [0.15, 0.2) is 48.9 Å². The van der Waals surface area contributed by atoms with Gasteiger partial charge in [0.1, 0.15) is 5.75 Å². The number of aromatic nitrogens is 2. The highest BCUT2D eigenvalue weighted by Gasteiger charge is 2.21. The summed E-state index contributed by atoms with van der Waals surface area (Å²) < 4.78 is 5.65. The zero-order valence-electron chi connectivity index (χ0n) is 13.0. The van der Waals surface area contributed by atoms with Crippen molar-refractivity contribution in [1.29, 1.82) is 0 Å². The van der Waals surface area contributed by atoms with Crippen LogP contribution in [0.2, 0.25) is 0 Å². The summed E-state index contributed by atoms with van der Waals surface area (Å²) in [4.78, 5) is 21.9. The average molecular weight is 310 g/mol. The van der Waals surface area contributed by atoms with Crippen molar-refractivity contribution in [2.45, 2.75) is 19.8 Å². The number of aryl methyl sites for hydroxylation is 1. The van der Waals surface area contributed by atoms with E-state index in [-0.39, 0.29) is 12.0 Å². The second-order valence-corrected chi connectivity index (χ2v) is 5.26. The molecule has 1 aliphatic heterocycles. The van der Waals surface area contributed by atoms with Gasteiger partial charge in [-0.1, -0.05) is 25.6 Å². The van der Waals surface area contributed by atoms with Crippen molar-refractivity contribution in [1.82, 2.24) is 15.3 Å². The molecule has 0 unspecified atom stereocenters. The average Bonchev–Trinajstić information content (AvgIpc) is 2.56. The predicted molar refractivity (Wildman–Crippen MR) is 87.6 cm³/mol. The molecule has 2 amide bonds. The van der Waals surface area contributed by atoms with Crippen LogP contribution in [-0.2, 0) is 6.42 Å². The Morgan fingerprint density at radius 3 is 2.83 bits per heavy atom. The lowest BCUT2D eigenvalue weighted by molar-refractivity contribution is 0.246. The Morgan fingerprint density at radius 2 is 2.13 bits per heavy atom. The first-order valence-corrected chi connectivity index (χ1v) is 7.51. The molecule has 2 aromatic rings. The third-order valence-electron chi connectivity index (χ3n) is 3.61. The molecule has 1 saturated heterocycles. The number of anilines is 1. The molecule has 2 heterocycles. The van der Waals surface area contributed by atoms with Gasteiger partial charge < -0.3 is 10.1 Å². The van der Waals surface area contributed by atoms with Crippen molar-refractivity contribution in [2.24, 2.45) is 0 Å². The van der Waals surface area contributed by atoms with Crippen molar-refractivity contribution >= 4 is 11.7 Å². The number of nitrogens with one attached hydrogen (secondary N) is 1. The Balaban J connectivity index is 1.72. The van der Waals surface area contributed by atoms with Crippen molar-refractivity contribution < 1.29 is 9.53 Å². The molecule has 1 aliphatic rings. The molecule has 1 aromatic carbocycles. The number of hydrogen-bond donors (Lipinski definition) is 1. The van der Waals surface area contributed by atoms with Crippen LogP contribution in [0.4, 0.5) is 10.5 Å². The number of carbonyl (C=O) groups excluding carboxylic acids is 1. The molecule has 6 heteroatoms. The van der Waals surface area contributed by atoms with Crippen LogP contribution in [0, 0.1) is 0 Å². The lowest BCUT2D eigenvalue weighted by atomic mass is 10.2. The van der Waals surface area contributed by atoms with Crippen LogP contribution in [0.3, 0.4) is 0 Å². The zero-order valence-corrected chi connectivity index (χ0v) is 13.0. The van der Waals surface area contributed by atoms with E-state index in [4.69, 9.17) is 4.74 Å². The Hall–Kier alpha value is -2.89. The number of ether oxygens (including phenoxy) is 1. The maximum Gasteiger partial charge on any atom is 0.326 e. The number of hydrogen-bond acceptors (Lipinski definition) is 4. The van der Waals surface area contributed by atoms with E-state index in [1.807, 2.05) is 24.3 Å². The van der Waals surface area contributed by atoms with Gasteiger partial charge in [0.15, 0.2) is 0 Å². The van der Waals surface area contributed by atoms with Gasteiger partial charge in [-0.15, -0.1) is 0 Å². The fourth-order valence-corrected chi connectivity index (χ4v) is 2.31. The largest absolute Gasteiger partial charge is 0.424 e. The van der Waals surface area contributed by atoms with Crippen LogP contribution in [-0.4, -0.2) is 22.5 Å². The molecule has 1 aromatic heterocycles. The Morgan fingerprint density at radius 1 is 1.35 bits per heavy atom. The molecule has 1 N–H and O–H groups in total. The van der Waals surface area contributed by atoms with Crippen molar-refractivity contribution in [3.63, 3.8) is 0 Å². The topological polar surface area (TPSA) is 67.3 Å². The summed E-state index contributed by atoms with van der Waals surface area (Å²) in [6.45, 7) is 6.41. The minimum atomic E-state index is -0.214. The summed E-state index contributed by atoms with van der Waals surface area (Å²) in [7, 11) is 0. The highest BCUT2D eigenvalue weighted by atomic mass is 16.5. The summed E-state index contributed by atoms with van der Waals surface area (Å²) in [6, 6.07) is 7.84. The fraction of sp³-hybridized carbons (Fsp3) is 0.235. The SMILES string of the molecule is C=C1CCN(c2cnc(Oc3cccc(CC)c3)nc2)C(=O)N1. The lowest BCUT2D eigenvalue weighted by Crippen LogP contribution is -2.45. The Labute approximate surface area is 134 Å². The van der Waals surface area contributed by atoms with Gasteiger partial charge >= 0.3 is 12.0 Å². The molecule has 0 atom stereocenters. The summed E-state index contributed by atoms with van der Waals surface area (Å²) in [5.41, 5.74) is 2.54. The number of urea groups is 1. The summed E-state index contributed by atoms with van der Waals surface area (Å²) in [5, 5.41) is 2.70. The van der Waals surface area contributed by atoms with Crippen LogP contribution >= 0.6 is 0 Å². The van der Waals surface area contributed by atoms with Gasteiger partial charge in [-0.2, -0.15) is 0 Å². The van der Waals surface area contributed by atoms with E-state index in [1.165, 1.54) is 5.56 Å². The summed E-state index contributed by atoms with van der Waals surface area (Å²) in [6.07, 6.45) is 4.81. The van der Waals surface area contributed by atoms with Gasteiger partial charge in [-0.25, -0.2) is 14.8 Å². The molecule has 118 valence electrons. The molecular weight excluding hydrogens is 292 g/mol. The second-order valence-electron chi connectivity index (χ2n) is 5.26. The molecule has 0 saturated carbocycles. The standard InChI is InChI=1S/C17H18N4O2/c1-3-13-5-4-6-15(9-13)23-16-18-10-14(11-19-16)21-8-7-12(2)20-17(21)22/h4-6,9-11H,2-3,7-8H2,1H3,(H,20,22). The zero-order chi connectivity index (χ0) is 16.2. The quantitative estimate of drug-likeness (QED) is 0.941. The molecule has 0 spiro atoms. The van der Waals surface area contributed by atoms with E-state index in [9.17, 15) is 4.79 Å². The maximum absolute atomic E-state index is 11.9. The van der Waals surface area contributed by atoms with Gasteiger partial charge in [0.05, 0.1) is 18.1 Å². The van der Waals surface area contributed by atoms with E-state index in [0.717, 1.165) is 12.1 Å². The van der Waals surface area contributed by atoms with E-state index in [0.29, 0.717) is 24.4 Å². The number of rotatable bonds is 4. The molecule has 0 radical (unpaired) electrons. The van der Waals surface area contributed by atoms with Gasteiger partial charge in [0.2, 0.25) is 0 Å². The highest BCUT2D eigenvalue weighted by Crippen LogP contribution is 2.22. The first-order chi connectivity index (χ1) is 11.2. The third kappa shape index (κ3) is 3.48. The molecule has 0 aliphatic carbocycles. The Kier molecular flexibility index (Phi) is 4.23. The molecular formula is C17H18N4O2. The number of amides is 2. The first kappa shape index (κ1) is 15.0. The number of carbonyl (C=O) groups is 1. The molecule has 1 fully saturated rings. The molecule has 0 bridgehead atoms. The van der Waals surface area contributed by atoms with Crippen LogP contribution in [0.25, 0.3) is 0 Å². The minimum Gasteiger partial charge on any atom is -0.424 e. The van der Waals surface area contributed by atoms with Crippen molar-refractivity contribution in [3.8, 4) is 11.8 Å². The molecule has 23 heavy (non-hydrogen) atoms. The van der Waals surface area contributed by atoms with Crippen molar-refractivity contribution in [3.05, 3.63) is 54.5 Å². The number of nitrogens with zero attached hydrogens (tertiary/aromatic N) is 3. The third-order valence-corrected chi connectivity index (χ3v) is 3.61. The highest BCUT2D eigenvalue weighted by molar-refractivity contribution is 5.93. The predicted octanol–water partition coefficient (Wildman–Crippen LogP) is 3.26. The summed E-state index contributed by atoms with van der Waals surface area (Å²) >= 11 is 0. The van der Waals surface area contributed by atoms with E-state index >= 15 is 0 Å². The maximum atomic E-state index is 11.9.